The summed E-state index contributed by atoms with van der Waals surface area (Å²) < 4.78 is 51.2. The number of alkyl halides is 3. The monoisotopic (exact) mass is 504 g/mol. The molecule has 0 radical (unpaired) electrons. The molecule has 1 aromatic heterocycles. The van der Waals surface area contributed by atoms with Gasteiger partial charge in [0.25, 0.3) is 11.5 Å². The third-order valence-electron chi connectivity index (χ3n) is 5.54. The Labute approximate surface area is 203 Å². The van der Waals surface area contributed by atoms with E-state index in [-0.39, 0.29) is 23.3 Å². The summed E-state index contributed by atoms with van der Waals surface area (Å²) in [6.45, 7) is 4.32. The van der Waals surface area contributed by atoms with Gasteiger partial charge in [-0.3, -0.25) is 19.0 Å². The Kier molecular flexibility index (Phi) is 6.19. The summed E-state index contributed by atoms with van der Waals surface area (Å²) in [7, 11) is 0. The number of rotatable bonds is 4. The Morgan fingerprint density at radius 1 is 1.14 bits per heavy atom. The molecule has 1 aliphatic heterocycles. The first-order chi connectivity index (χ1) is 16.8. The number of nitrogens with one attached hydrogen (secondary N) is 1. The summed E-state index contributed by atoms with van der Waals surface area (Å²) in [5.41, 5.74) is -2.60. The van der Waals surface area contributed by atoms with Crippen molar-refractivity contribution in [2.75, 3.05) is 13.2 Å². The molecule has 1 atom stereocenters. The molecule has 36 heavy (non-hydrogen) atoms. The first-order valence-electron chi connectivity index (χ1n) is 11.0. The number of esters is 1. The molecule has 0 saturated heterocycles. The molecule has 3 aromatic rings. The number of nitrogens with zero attached hydrogens (tertiary/aromatic N) is 1. The molecule has 190 valence electrons. The van der Waals surface area contributed by atoms with Crippen LogP contribution in [0.2, 0.25) is 0 Å². The van der Waals surface area contributed by atoms with Gasteiger partial charge in [-0.25, -0.2) is 0 Å². The van der Waals surface area contributed by atoms with Crippen molar-refractivity contribution >= 4 is 22.8 Å². The second-order valence-electron chi connectivity index (χ2n) is 9.27. The smallest absolute Gasteiger partial charge is 0.416 e. The van der Waals surface area contributed by atoms with Crippen LogP contribution >= 0.6 is 0 Å². The Morgan fingerprint density at radius 2 is 1.81 bits per heavy atom. The zero-order valence-corrected chi connectivity index (χ0v) is 19.6. The van der Waals surface area contributed by atoms with E-state index in [0.29, 0.717) is 5.56 Å². The predicted molar refractivity (Wildman–Crippen MR) is 123 cm³/mol. The average molecular weight is 504 g/mol. The van der Waals surface area contributed by atoms with Crippen molar-refractivity contribution in [1.29, 1.82) is 0 Å². The number of ether oxygens (including phenoxy) is 2. The van der Waals surface area contributed by atoms with E-state index in [1.165, 1.54) is 22.8 Å². The van der Waals surface area contributed by atoms with Crippen LogP contribution in [0.3, 0.4) is 0 Å². The Hall–Kier alpha value is -4.02. The maximum atomic E-state index is 13.5. The van der Waals surface area contributed by atoms with Gasteiger partial charge in [0.1, 0.15) is 35.8 Å². The van der Waals surface area contributed by atoms with E-state index in [2.05, 4.69) is 5.32 Å². The summed E-state index contributed by atoms with van der Waals surface area (Å²) in [5, 5.41) is 13.3. The molecule has 0 saturated carbocycles. The van der Waals surface area contributed by atoms with Crippen molar-refractivity contribution in [1.82, 2.24) is 9.88 Å². The van der Waals surface area contributed by atoms with Crippen molar-refractivity contribution in [3.05, 3.63) is 69.5 Å². The van der Waals surface area contributed by atoms with E-state index >= 15 is 0 Å². The van der Waals surface area contributed by atoms with Crippen molar-refractivity contribution in [3.63, 3.8) is 0 Å². The fraction of sp³-hybridized carbons (Fsp3) is 0.320. The Morgan fingerprint density at radius 3 is 2.42 bits per heavy atom. The molecule has 11 heteroatoms. The number of pyridine rings is 1. The third kappa shape index (κ3) is 4.73. The number of aromatic nitrogens is 1. The van der Waals surface area contributed by atoms with Crippen LogP contribution in [0.1, 0.15) is 48.3 Å². The average Bonchev–Trinajstić information content (AvgIpc) is 2.79. The van der Waals surface area contributed by atoms with Crippen molar-refractivity contribution in [2.24, 2.45) is 0 Å². The molecular formula is C25H23F3N2O6. The highest BCUT2D eigenvalue weighted by atomic mass is 19.4. The SMILES string of the molecule is CC(C)(C)OC(=O)CNC(=O)c1c(O)c2cccc3c2n(c1=O)C(c1ccc(C(F)(F)F)cc1)CO3. The minimum atomic E-state index is -4.53. The molecule has 1 aliphatic rings. The van der Waals surface area contributed by atoms with Gasteiger partial charge in [0.2, 0.25) is 0 Å². The van der Waals surface area contributed by atoms with Crippen LogP contribution in [0.5, 0.6) is 11.5 Å². The van der Waals surface area contributed by atoms with Crippen molar-refractivity contribution < 1.29 is 37.3 Å². The van der Waals surface area contributed by atoms with Crippen LogP contribution in [0, 0.1) is 0 Å². The van der Waals surface area contributed by atoms with E-state index in [0.717, 1.165) is 12.1 Å². The summed E-state index contributed by atoms with van der Waals surface area (Å²) in [4.78, 5) is 38.5. The molecule has 1 unspecified atom stereocenters. The predicted octanol–water partition coefficient (Wildman–Crippen LogP) is 3.78. The first-order valence-corrected chi connectivity index (χ1v) is 11.0. The lowest BCUT2D eigenvalue weighted by atomic mass is 10.0. The molecule has 2 aromatic carbocycles. The lowest BCUT2D eigenvalue weighted by molar-refractivity contribution is -0.153. The molecule has 1 amide bonds. The first kappa shape index (κ1) is 25.1. The van der Waals surface area contributed by atoms with Gasteiger partial charge >= 0.3 is 12.1 Å². The summed E-state index contributed by atoms with van der Waals surface area (Å²) >= 11 is 0. The highest BCUT2D eigenvalue weighted by Gasteiger charge is 2.33. The number of benzene rings is 2. The Balaban J connectivity index is 1.79. The number of carbonyl (C=O) groups is 2. The van der Waals surface area contributed by atoms with Crippen LogP contribution in [0.25, 0.3) is 10.9 Å². The second-order valence-corrected chi connectivity index (χ2v) is 9.27. The van der Waals surface area contributed by atoms with Gasteiger partial charge in [-0.05, 0) is 50.6 Å². The number of para-hydroxylation sites is 1. The molecule has 2 heterocycles. The minimum Gasteiger partial charge on any atom is -0.506 e. The van der Waals surface area contributed by atoms with Crippen molar-refractivity contribution in [3.8, 4) is 11.5 Å². The van der Waals surface area contributed by atoms with Gasteiger partial charge in [0.15, 0.2) is 0 Å². The standard InChI is InChI=1S/C25H23F3N2O6/c1-24(2,3)36-18(31)11-29-22(33)19-21(32)15-5-4-6-17-20(15)30(23(19)34)16(12-35-17)13-7-9-14(10-8-13)25(26,27)28/h4-10,16,32H,11-12H2,1-3H3,(H,29,33). The van der Waals surface area contributed by atoms with Gasteiger partial charge < -0.3 is 19.9 Å². The van der Waals surface area contributed by atoms with Crippen molar-refractivity contribution in [2.45, 2.75) is 38.6 Å². The quantitative estimate of drug-likeness (QED) is 0.524. The number of amides is 1. The number of aromatic hydroxyl groups is 1. The summed E-state index contributed by atoms with van der Waals surface area (Å²) in [6.07, 6.45) is -4.53. The number of hydrogen-bond acceptors (Lipinski definition) is 6. The molecule has 0 fully saturated rings. The maximum Gasteiger partial charge on any atom is 0.416 e. The lowest BCUT2D eigenvalue weighted by Crippen LogP contribution is -2.40. The van der Waals surface area contributed by atoms with E-state index in [1.807, 2.05) is 0 Å². The van der Waals surface area contributed by atoms with Gasteiger partial charge in [0, 0.05) is 5.39 Å². The van der Waals surface area contributed by atoms with Gasteiger partial charge in [-0.15, -0.1) is 0 Å². The largest absolute Gasteiger partial charge is 0.506 e. The van der Waals surface area contributed by atoms with E-state index in [4.69, 9.17) is 9.47 Å². The van der Waals surface area contributed by atoms with Crippen LogP contribution in [-0.2, 0) is 15.7 Å². The maximum absolute atomic E-state index is 13.5. The lowest BCUT2D eigenvalue weighted by Gasteiger charge is -2.29. The summed E-state index contributed by atoms with van der Waals surface area (Å²) in [5.74, 6) is -2.08. The van der Waals surface area contributed by atoms with Gasteiger partial charge in [-0.1, -0.05) is 18.2 Å². The van der Waals surface area contributed by atoms with Crippen LogP contribution in [0.4, 0.5) is 13.2 Å². The number of hydrogen-bond donors (Lipinski definition) is 2. The van der Waals surface area contributed by atoms with E-state index < -0.39 is 58.7 Å². The molecule has 2 N–H and O–H groups in total. The molecule has 0 aliphatic carbocycles. The fourth-order valence-electron chi connectivity index (χ4n) is 4.04. The molecular weight excluding hydrogens is 481 g/mol. The van der Waals surface area contributed by atoms with E-state index in [9.17, 15) is 32.7 Å². The Bertz CT molecular complexity index is 1410. The molecule has 0 spiro atoms. The van der Waals surface area contributed by atoms with Crippen LogP contribution in [-0.4, -0.2) is 40.3 Å². The van der Waals surface area contributed by atoms with Crippen LogP contribution < -0.4 is 15.6 Å². The number of halogens is 3. The summed E-state index contributed by atoms with van der Waals surface area (Å²) in [6, 6.07) is 7.99. The molecule has 8 nitrogen and oxygen atoms in total. The topological polar surface area (TPSA) is 107 Å². The highest BCUT2D eigenvalue weighted by Crippen LogP contribution is 2.39. The second kappa shape index (κ2) is 8.89. The zero-order valence-electron chi connectivity index (χ0n) is 19.6. The minimum absolute atomic E-state index is 0.0961. The molecule has 4 rings (SSSR count). The third-order valence-corrected chi connectivity index (χ3v) is 5.54. The number of carbonyl (C=O) groups excluding carboxylic acids is 2. The normalized spacial score (nSPS) is 15.3. The molecule has 0 bridgehead atoms. The van der Waals surface area contributed by atoms with Crippen LogP contribution in [0.15, 0.2) is 47.3 Å². The van der Waals surface area contributed by atoms with Gasteiger partial charge in [0.05, 0.1) is 17.1 Å². The zero-order chi connectivity index (χ0) is 26.4. The fourth-order valence-corrected chi connectivity index (χ4v) is 4.04. The van der Waals surface area contributed by atoms with Gasteiger partial charge in [-0.2, -0.15) is 13.2 Å². The highest BCUT2D eigenvalue weighted by molar-refractivity contribution is 6.04. The van der Waals surface area contributed by atoms with E-state index in [1.54, 1.807) is 32.9 Å².